The van der Waals surface area contributed by atoms with Crippen molar-refractivity contribution >= 4 is 11.8 Å². The molecule has 0 aliphatic carbocycles. The third-order valence-electron chi connectivity index (χ3n) is 4.71. The molecule has 0 spiro atoms. The molecule has 1 N–H and O–H groups in total. The summed E-state index contributed by atoms with van der Waals surface area (Å²) in [6.45, 7) is 3.78. The topological polar surface area (TPSA) is 50.3 Å². The van der Waals surface area contributed by atoms with Gasteiger partial charge < -0.3 is 15.0 Å². The highest BCUT2D eigenvalue weighted by Gasteiger charge is 2.19. The Morgan fingerprint density at radius 2 is 1.92 bits per heavy atom. The van der Waals surface area contributed by atoms with E-state index in [-0.39, 0.29) is 0 Å². The van der Waals surface area contributed by atoms with Gasteiger partial charge in [0.05, 0.1) is 11.8 Å². The van der Waals surface area contributed by atoms with E-state index < -0.39 is 0 Å². The van der Waals surface area contributed by atoms with Crippen molar-refractivity contribution in [3.05, 3.63) is 36.4 Å². The summed E-state index contributed by atoms with van der Waals surface area (Å²) in [7, 11) is 0. The predicted octanol–water partition coefficient (Wildman–Crippen LogP) is 3.33. The van der Waals surface area contributed by atoms with Crippen molar-refractivity contribution in [1.82, 2.24) is 9.97 Å². The van der Waals surface area contributed by atoms with Gasteiger partial charge in [-0.1, -0.05) is 30.3 Å². The highest BCUT2D eigenvalue weighted by atomic mass is 16.5. The molecule has 5 heteroatoms. The van der Waals surface area contributed by atoms with Crippen LogP contribution >= 0.6 is 0 Å². The first kappa shape index (κ1) is 15.4. The molecule has 1 aromatic carbocycles. The number of benzene rings is 1. The summed E-state index contributed by atoms with van der Waals surface area (Å²) in [6, 6.07) is 12.4. The maximum Gasteiger partial charge on any atom is 0.227 e. The number of anilines is 2. The Balaban J connectivity index is 1.60. The van der Waals surface area contributed by atoms with Crippen LogP contribution in [0.4, 0.5) is 11.8 Å². The maximum atomic E-state index is 5.70. The van der Waals surface area contributed by atoms with Gasteiger partial charge in [-0.05, 0) is 25.7 Å². The Labute approximate surface area is 143 Å². The van der Waals surface area contributed by atoms with Crippen LogP contribution < -0.4 is 10.2 Å². The zero-order valence-corrected chi connectivity index (χ0v) is 13.9. The molecular weight excluding hydrogens is 300 g/mol. The molecule has 126 valence electrons. The lowest BCUT2D eigenvalue weighted by Gasteiger charge is -2.18. The van der Waals surface area contributed by atoms with Crippen LogP contribution in [0.3, 0.4) is 0 Å². The molecule has 0 radical (unpaired) electrons. The third kappa shape index (κ3) is 3.51. The van der Waals surface area contributed by atoms with E-state index in [0.29, 0.717) is 6.10 Å². The van der Waals surface area contributed by atoms with Crippen molar-refractivity contribution < 1.29 is 4.74 Å². The summed E-state index contributed by atoms with van der Waals surface area (Å²) in [5, 5.41) is 3.46. The third-order valence-corrected chi connectivity index (χ3v) is 4.71. The molecule has 0 amide bonds. The van der Waals surface area contributed by atoms with E-state index >= 15 is 0 Å². The Morgan fingerprint density at radius 3 is 2.67 bits per heavy atom. The molecule has 1 unspecified atom stereocenters. The first-order chi connectivity index (χ1) is 11.9. The minimum Gasteiger partial charge on any atom is -0.376 e. The van der Waals surface area contributed by atoms with Crippen molar-refractivity contribution in [1.29, 1.82) is 0 Å². The van der Waals surface area contributed by atoms with Gasteiger partial charge in [0.15, 0.2) is 0 Å². The number of hydrogen-bond acceptors (Lipinski definition) is 5. The Morgan fingerprint density at radius 1 is 1.08 bits per heavy atom. The quantitative estimate of drug-likeness (QED) is 0.914. The second-order valence-electron chi connectivity index (χ2n) is 6.51. The Hall–Kier alpha value is -2.14. The molecule has 2 saturated heterocycles. The van der Waals surface area contributed by atoms with Gasteiger partial charge in [0.1, 0.15) is 5.82 Å². The highest BCUT2D eigenvalue weighted by Crippen LogP contribution is 2.25. The van der Waals surface area contributed by atoms with E-state index in [4.69, 9.17) is 14.7 Å². The lowest BCUT2D eigenvalue weighted by molar-refractivity contribution is 0.120. The molecule has 2 aromatic rings. The van der Waals surface area contributed by atoms with E-state index in [2.05, 4.69) is 22.3 Å². The van der Waals surface area contributed by atoms with Crippen LogP contribution in [0.25, 0.3) is 11.3 Å². The zero-order chi connectivity index (χ0) is 16.2. The summed E-state index contributed by atoms with van der Waals surface area (Å²) in [6.07, 6.45) is 5.03. The number of rotatable bonds is 5. The summed E-state index contributed by atoms with van der Waals surface area (Å²) in [5.41, 5.74) is 2.10. The lowest BCUT2D eigenvalue weighted by Crippen LogP contribution is -2.23. The smallest absolute Gasteiger partial charge is 0.227 e. The maximum absolute atomic E-state index is 5.70. The fourth-order valence-electron chi connectivity index (χ4n) is 3.36. The molecule has 2 fully saturated rings. The van der Waals surface area contributed by atoms with Crippen LogP contribution in [0.1, 0.15) is 25.7 Å². The van der Waals surface area contributed by atoms with Crippen molar-refractivity contribution in [2.75, 3.05) is 36.5 Å². The average molecular weight is 324 g/mol. The molecule has 2 aliphatic heterocycles. The molecule has 2 aliphatic rings. The first-order valence-corrected chi connectivity index (χ1v) is 8.93. The minimum absolute atomic E-state index is 0.301. The summed E-state index contributed by atoms with van der Waals surface area (Å²) >= 11 is 0. The van der Waals surface area contributed by atoms with Crippen LogP contribution in [0, 0.1) is 0 Å². The molecule has 4 rings (SSSR count). The number of nitrogens with one attached hydrogen (secondary N) is 1. The van der Waals surface area contributed by atoms with Crippen molar-refractivity contribution in [2.24, 2.45) is 0 Å². The Bertz CT molecular complexity index is 664. The van der Waals surface area contributed by atoms with E-state index in [0.717, 1.165) is 62.1 Å². The van der Waals surface area contributed by atoms with Gasteiger partial charge in [0.25, 0.3) is 0 Å². The first-order valence-electron chi connectivity index (χ1n) is 8.93. The standard InChI is InChI=1S/C19H24N4O/c1-2-7-15(8-3-1)17-13-18(20-14-16-9-6-12-24-16)22-19(21-17)23-10-4-5-11-23/h1-3,7-8,13,16H,4-6,9-12,14H2,(H,20,21,22). The van der Waals surface area contributed by atoms with Gasteiger partial charge >= 0.3 is 0 Å². The molecule has 1 atom stereocenters. The van der Waals surface area contributed by atoms with Gasteiger partial charge in [-0.2, -0.15) is 4.98 Å². The molecule has 1 aromatic heterocycles. The van der Waals surface area contributed by atoms with Crippen LogP contribution in [0.15, 0.2) is 36.4 Å². The van der Waals surface area contributed by atoms with Crippen LogP contribution in [-0.2, 0) is 4.74 Å². The molecule has 0 saturated carbocycles. The zero-order valence-electron chi connectivity index (χ0n) is 13.9. The summed E-state index contributed by atoms with van der Waals surface area (Å²) < 4.78 is 5.70. The van der Waals surface area contributed by atoms with E-state index in [1.54, 1.807) is 0 Å². The Kier molecular flexibility index (Phi) is 4.60. The van der Waals surface area contributed by atoms with Gasteiger partial charge in [0, 0.05) is 37.9 Å². The molecule has 5 nitrogen and oxygen atoms in total. The fraction of sp³-hybridized carbons (Fsp3) is 0.474. The number of aromatic nitrogens is 2. The molecule has 3 heterocycles. The number of nitrogens with zero attached hydrogens (tertiary/aromatic N) is 3. The van der Waals surface area contributed by atoms with E-state index in [1.807, 2.05) is 24.3 Å². The predicted molar refractivity (Wildman–Crippen MR) is 96.4 cm³/mol. The number of hydrogen-bond donors (Lipinski definition) is 1. The summed E-state index contributed by atoms with van der Waals surface area (Å²) in [4.78, 5) is 11.8. The van der Waals surface area contributed by atoms with Gasteiger partial charge in [-0.3, -0.25) is 0 Å². The van der Waals surface area contributed by atoms with Crippen molar-refractivity contribution in [3.63, 3.8) is 0 Å². The van der Waals surface area contributed by atoms with Gasteiger partial charge in [-0.25, -0.2) is 4.98 Å². The van der Waals surface area contributed by atoms with Crippen molar-refractivity contribution in [3.8, 4) is 11.3 Å². The molecule has 0 bridgehead atoms. The largest absolute Gasteiger partial charge is 0.376 e. The SMILES string of the molecule is c1ccc(-c2cc(NCC3CCCO3)nc(N3CCCC3)n2)cc1. The van der Waals surface area contributed by atoms with Crippen LogP contribution in [0.2, 0.25) is 0 Å². The van der Waals surface area contributed by atoms with Crippen molar-refractivity contribution in [2.45, 2.75) is 31.8 Å². The van der Waals surface area contributed by atoms with Gasteiger partial charge in [-0.15, -0.1) is 0 Å². The second kappa shape index (κ2) is 7.18. The molecular formula is C19H24N4O. The lowest BCUT2D eigenvalue weighted by atomic mass is 10.1. The fourth-order valence-corrected chi connectivity index (χ4v) is 3.36. The van der Waals surface area contributed by atoms with Crippen LogP contribution in [-0.4, -0.2) is 42.3 Å². The van der Waals surface area contributed by atoms with Crippen LogP contribution in [0.5, 0.6) is 0 Å². The van der Waals surface area contributed by atoms with Gasteiger partial charge in [0.2, 0.25) is 5.95 Å². The highest BCUT2D eigenvalue weighted by molar-refractivity contribution is 5.64. The minimum atomic E-state index is 0.301. The number of ether oxygens (including phenoxy) is 1. The van der Waals surface area contributed by atoms with E-state index in [9.17, 15) is 0 Å². The normalized spacial score (nSPS) is 20.5. The summed E-state index contributed by atoms with van der Waals surface area (Å²) in [5.74, 6) is 1.73. The second-order valence-corrected chi connectivity index (χ2v) is 6.51. The van der Waals surface area contributed by atoms with E-state index in [1.165, 1.54) is 12.8 Å². The average Bonchev–Trinajstić information content (AvgIpc) is 3.34. The molecule has 24 heavy (non-hydrogen) atoms. The monoisotopic (exact) mass is 324 g/mol.